The first kappa shape index (κ1) is 25.1. The summed E-state index contributed by atoms with van der Waals surface area (Å²) < 4.78 is 22.4. The third-order valence-electron chi connectivity index (χ3n) is 6.81. The Balaban J connectivity index is 1.51. The number of ether oxygens (including phenoxy) is 1. The van der Waals surface area contributed by atoms with Gasteiger partial charge in [0.05, 0.1) is 11.1 Å². The van der Waals surface area contributed by atoms with E-state index in [9.17, 15) is 14.3 Å². The first-order chi connectivity index (χ1) is 17.7. The number of nitrogens with zero attached hydrogens (tertiary/aromatic N) is 5. The lowest BCUT2D eigenvalue weighted by Crippen LogP contribution is -2.45. The van der Waals surface area contributed by atoms with E-state index in [1.807, 2.05) is 38.2 Å². The molecule has 0 bridgehead atoms. The molecule has 0 aliphatic carbocycles. The molecule has 5 rings (SSSR count). The molecule has 2 aromatic heterocycles. The summed E-state index contributed by atoms with van der Waals surface area (Å²) in [5, 5.41) is 15.3. The van der Waals surface area contributed by atoms with E-state index in [0.29, 0.717) is 47.6 Å². The van der Waals surface area contributed by atoms with Crippen molar-refractivity contribution < 1.29 is 19.0 Å². The largest absolute Gasteiger partial charge is 0.487 e. The molecule has 192 valence electrons. The zero-order chi connectivity index (χ0) is 26.3. The number of aliphatic hydroxyl groups is 1. The summed E-state index contributed by atoms with van der Waals surface area (Å²) in [6, 6.07) is 9.71. The number of carbonyl (C=O) groups is 1. The number of benzene rings is 2. The highest BCUT2D eigenvalue weighted by molar-refractivity contribution is 6.31. The zero-order valence-corrected chi connectivity index (χ0v) is 21.5. The molecule has 1 unspecified atom stereocenters. The molecule has 1 N–H and O–H groups in total. The van der Waals surface area contributed by atoms with Crippen molar-refractivity contribution in [2.75, 3.05) is 6.54 Å². The van der Waals surface area contributed by atoms with E-state index < -0.39 is 18.0 Å². The monoisotopic (exact) mass is 523 g/mol. The molecule has 4 aromatic rings. The number of piperidine rings is 1. The van der Waals surface area contributed by atoms with E-state index in [4.69, 9.17) is 21.3 Å². The zero-order valence-electron chi connectivity index (χ0n) is 20.8. The molecule has 1 amide bonds. The Morgan fingerprint density at radius 1 is 1.30 bits per heavy atom. The second kappa shape index (κ2) is 10.1. The smallest absolute Gasteiger partial charge is 0.251 e. The molecule has 10 heteroatoms. The Morgan fingerprint density at radius 3 is 2.86 bits per heavy atom. The van der Waals surface area contributed by atoms with Crippen LogP contribution < -0.4 is 4.74 Å². The summed E-state index contributed by atoms with van der Waals surface area (Å²) >= 11 is 6.50. The fraction of sp³-hybridized carbons (Fsp3) is 0.333. The first-order valence-corrected chi connectivity index (χ1v) is 12.5. The number of pyridine rings is 1. The third kappa shape index (κ3) is 4.76. The van der Waals surface area contributed by atoms with Crippen molar-refractivity contribution >= 4 is 28.4 Å². The average Bonchev–Trinajstić information content (AvgIpc) is 3.29. The highest BCUT2D eigenvalue weighted by atomic mass is 35.5. The topological polar surface area (TPSA) is 93.4 Å². The Labute approximate surface area is 218 Å². The number of rotatable bonds is 6. The van der Waals surface area contributed by atoms with Crippen molar-refractivity contribution in [1.29, 1.82) is 0 Å². The van der Waals surface area contributed by atoms with Gasteiger partial charge in [0.2, 0.25) is 0 Å². The van der Waals surface area contributed by atoms with Gasteiger partial charge < -0.3 is 14.7 Å². The number of aryl methyl sites for hydroxylation is 2. The van der Waals surface area contributed by atoms with Gasteiger partial charge in [0.25, 0.3) is 5.91 Å². The van der Waals surface area contributed by atoms with Gasteiger partial charge >= 0.3 is 0 Å². The molecule has 8 nitrogen and oxygen atoms in total. The van der Waals surface area contributed by atoms with Crippen LogP contribution in [0, 0.1) is 12.7 Å². The average molecular weight is 524 g/mol. The van der Waals surface area contributed by atoms with Gasteiger partial charge in [0, 0.05) is 35.8 Å². The van der Waals surface area contributed by atoms with Crippen molar-refractivity contribution in [3.8, 4) is 17.1 Å². The maximum absolute atomic E-state index is 14.4. The summed E-state index contributed by atoms with van der Waals surface area (Å²) in [5.74, 6) is 0.374. The number of likely N-dealkylation sites (tertiary alicyclic amines) is 1. The van der Waals surface area contributed by atoms with Crippen LogP contribution in [0.5, 0.6) is 5.75 Å². The van der Waals surface area contributed by atoms with E-state index in [-0.39, 0.29) is 17.5 Å². The van der Waals surface area contributed by atoms with Gasteiger partial charge in [-0.25, -0.2) is 19.0 Å². The van der Waals surface area contributed by atoms with Crippen LogP contribution in [0.15, 0.2) is 42.7 Å². The van der Waals surface area contributed by atoms with Crippen LogP contribution >= 0.6 is 11.6 Å². The van der Waals surface area contributed by atoms with Gasteiger partial charge in [0.15, 0.2) is 5.82 Å². The lowest BCUT2D eigenvalue weighted by atomic mass is 9.97. The van der Waals surface area contributed by atoms with E-state index in [1.165, 1.54) is 18.5 Å². The lowest BCUT2D eigenvalue weighted by molar-refractivity contribution is -0.146. The highest BCUT2D eigenvalue weighted by Crippen LogP contribution is 2.35. The Hall–Kier alpha value is -3.56. The lowest BCUT2D eigenvalue weighted by Gasteiger charge is -2.36. The van der Waals surface area contributed by atoms with Crippen LogP contribution in [0.25, 0.3) is 22.3 Å². The molecule has 2 aromatic carbocycles. The molecule has 1 saturated heterocycles. The summed E-state index contributed by atoms with van der Waals surface area (Å²) in [6.45, 7) is 4.22. The molecule has 1 aliphatic rings. The standard InChI is InChI=1S/C27H27ClFN5O3/c1-15-10-20(26-30-14-31-33(26)3)18-6-4-8-24(25(18)32-15)37-13-21-19(11-17(29)12-22(21)28)16(2)34-9-5-7-23(35)27(34)36/h4,6,8,10-12,14,16,23,35H,5,7,9,13H2,1-3H3/t16-,23?/m0/s1. The van der Waals surface area contributed by atoms with E-state index in [2.05, 4.69) is 10.1 Å². The summed E-state index contributed by atoms with van der Waals surface area (Å²) in [4.78, 5) is 23.3. The number of amides is 1. The fourth-order valence-corrected chi connectivity index (χ4v) is 5.19. The molecule has 3 heterocycles. The predicted octanol–water partition coefficient (Wildman–Crippen LogP) is 4.75. The van der Waals surface area contributed by atoms with Crippen molar-refractivity contribution in [2.45, 2.75) is 45.4 Å². The molecule has 1 aliphatic heterocycles. The van der Waals surface area contributed by atoms with Crippen molar-refractivity contribution in [1.82, 2.24) is 24.6 Å². The van der Waals surface area contributed by atoms with Gasteiger partial charge in [-0.1, -0.05) is 23.7 Å². The van der Waals surface area contributed by atoms with Crippen LogP contribution in [0.1, 0.15) is 42.6 Å². The van der Waals surface area contributed by atoms with Crippen molar-refractivity contribution in [2.24, 2.45) is 7.05 Å². The Morgan fingerprint density at radius 2 is 2.11 bits per heavy atom. The molecule has 1 fully saturated rings. The van der Waals surface area contributed by atoms with Crippen LogP contribution in [-0.4, -0.2) is 48.3 Å². The SMILES string of the molecule is Cc1cc(-c2ncnn2C)c2cccc(OCc3c(Cl)cc(F)cc3[C@H](C)N3CCCC(O)C3=O)c2n1. The highest BCUT2D eigenvalue weighted by Gasteiger charge is 2.32. The Kier molecular flexibility index (Phi) is 6.83. The predicted molar refractivity (Wildman–Crippen MR) is 138 cm³/mol. The maximum Gasteiger partial charge on any atom is 0.251 e. The summed E-state index contributed by atoms with van der Waals surface area (Å²) in [7, 11) is 1.83. The number of para-hydroxylation sites is 1. The summed E-state index contributed by atoms with van der Waals surface area (Å²) in [6.07, 6.45) is 1.54. The fourth-order valence-electron chi connectivity index (χ4n) is 4.92. The minimum Gasteiger partial charge on any atom is -0.487 e. The number of carbonyl (C=O) groups excluding carboxylic acids is 1. The van der Waals surface area contributed by atoms with Crippen molar-refractivity contribution in [3.05, 3.63) is 70.4 Å². The van der Waals surface area contributed by atoms with Gasteiger partial charge in [-0.05, 0) is 56.5 Å². The molecular weight excluding hydrogens is 497 g/mol. The second-order valence-electron chi connectivity index (χ2n) is 9.28. The molecule has 37 heavy (non-hydrogen) atoms. The first-order valence-electron chi connectivity index (χ1n) is 12.1. The van der Waals surface area contributed by atoms with E-state index in [1.54, 1.807) is 16.5 Å². The molecule has 0 saturated carbocycles. The minimum atomic E-state index is -1.05. The summed E-state index contributed by atoms with van der Waals surface area (Å²) in [5.41, 5.74) is 3.43. The number of aliphatic hydroxyl groups excluding tert-OH is 1. The molecule has 0 spiro atoms. The van der Waals surface area contributed by atoms with E-state index >= 15 is 0 Å². The number of hydrogen-bond donors (Lipinski definition) is 1. The molecule has 2 atom stereocenters. The number of halogens is 2. The number of fused-ring (bicyclic) bond motifs is 1. The van der Waals surface area contributed by atoms with Crippen LogP contribution in [-0.2, 0) is 18.4 Å². The second-order valence-corrected chi connectivity index (χ2v) is 9.69. The third-order valence-corrected chi connectivity index (χ3v) is 7.15. The van der Waals surface area contributed by atoms with Crippen LogP contribution in [0.2, 0.25) is 5.02 Å². The van der Waals surface area contributed by atoms with Gasteiger partial charge in [-0.2, -0.15) is 5.10 Å². The van der Waals surface area contributed by atoms with Gasteiger partial charge in [-0.15, -0.1) is 0 Å². The van der Waals surface area contributed by atoms with E-state index in [0.717, 1.165) is 16.6 Å². The van der Waals surface area contributed by atoms with Crippen LogP contribution in [0.4, 0.5) is 4.39 Å². The quantitative estimate of drug-likeness (QED) is 0.392. The molecular formula is C27H27ClFN5O3. The Bertz CT molecular complexity index is 1490. The normalized spacial score (nSPS) is 16.9. The minimum absolute atomic E-state index is 0.0391. The number of aromatic nitrogens is 4. The molecule has 0 radical (unpaired) electrons. The van der Waals surface area contributed by atoms with Gasteiger partial charge in [-0.3, -0.25) is 4.79 Å². The maximum atomic E-state index is 14.4. The van der Waals surface area contributed by atoms with Gasteiger partial charge in [0.1, 0.15) is 36.1 Å². The number of hydrogen-bond acceptors (Lipinski definition) is 6. The van der Waals surface area contributed by atoms with Crippen LogP contribution in [0.3, 0.4) is 0 Å². The van der Waals surface area contributed by atoms with Crippen molar-refractivity contribution in [3.63, 3.8) is 0 Å².